The Morgan fingerprint density at radius 2 is 2.13 bits per heavy atom. The fourth-order valence-corrected chi connectivity index (χ4v) is 2.61. The summed E-state index contributed by atoms with van der Waals surface area (Å²) in [7, 11) is 1.86. The SMILES string of the molecule is C=CCOc1c(CNCC(O)c2ccccc2C)c(C)nn1C. The molecular weight excluding hydrogens is 290 g/mol. The van der Waals surface area contributed by atoms with Crippen molar-refractivity contribution in [2.75, 3.05) is 13.2 Å². The van der Waals surface area contributed by atoms with Crippen LogP contribution in [0, 0.1) is 13.8 Å². The molecule has 2 N–H and O–H groups in total. The largest absolute Gasteiger partial charge is 0.473 e. The van der Waals surface area contributed by atoms with Crippen molar-refractivity contribution in [1.82, 2.24) is 15.1 Å². The fourth-order valence-electron chi connectivity index (χ4n) is 2.61. The lowest BCUT2D eigenvalue weighted by atomic mass is 10.0. The lowest BCUT2D eigenvalue weighted by molar-refractivity contribution is 0.173. The molecule has 1 aromatic carbocycles. The summed E-state index contributed by atoms with van der Waals surface area (Å²) < 4.78 is 7.41. The molecule has 1 atom stereocenters. The number of rotatable bonds is 8. The van der Waals surface area contributed by atoms with E-state index in [9.17, 15) is 5.11 Å². The molecule has 0 spiro atoms. The van der Waals surface area contributed by atoms with E-state index in [4.69, 9.17) is 4.74 Å². The van der Waals surface area contributed by atoms with Crippen LogP contribution in [0.4, 0.5) is 0 Å². The van der Waals surface area contributed by atoms with Crippen LogP contribution in [0.2, 0.25) is 0 Å². The minimum Gasteiger partial charge on any atom is -0.473 e. The highest BCUT2D eigenvalue weighted by atomic mass is 16.5. The van der Waals surface area contributed by atoms with Crippen LogP contribution in [0.5, 0.6) is 5.88 Å². The van der Waals surface area contributed by atoms with E-state index in [0.717, 1.165) is 28.3 Å². The molecule has 23 heavy (non-hydrogen) atoms. The van der Waals surface area contributed by atoms with E-state index in [1.165, 1.54) is 0 Å². The molecule has 0 radical (unpaired) electrons. The van der Waals surface area contributed by atoms with Gasteiger partial charge in [-0.15, -0.1) is 0 Å². The molecule has 2 aromatic rings. The molecule has 124 valence electrons. The number of nitrogens with zero attached hydrogens (tertiary/aromatic N) is 2. The molecule has 1 unspecified atom stereocenters. The van der Waals surface area contributed by atoms with Gasteiger partial charge in [0.05, 0.1) is 17.4 Å². The normalized spacial score (nSPS) is 12.2. The van der Waals surface area contributed by atoms with E-state index in [1.807, 2.05) is 45.2 Å². The number of benzene rings is 1. The van der Waals surface area contributed by atoms with E-state index in [0.29, 0.717) is 19.7 Å². The number of aliphatic hydroxyl groups is 1. The molecule has 0 aliphatic rings. The summed E-state index contributed by atoms with van der Waals surface area (Å²) in [6, 6.07) is 7.87. The second kappa shape index (κ2) is 7.94. The number of nitrogens with one attached hydrogen (secondary N) is 1. The highest BCUT2D eigenvalue weighted by Gasteiger charge is 2.15. The van der Waals surface area contributed by atoms with E-state index >= 15 is 0 Å². The summed E-state index contributed by atoms with van der Waals surface area (Å²) in [6.07, 6.45) is 1.17. The maximum Gasteiger partial charge on any atom is 0.216 e. The van der Waals surface area contributed by atoms with Crippen LogP contribution in [-0.4, -0.2) is 28.0 Å². The quantitative estimate of drug-likeness (QED) is 0.735. The topological polar surface area (TPSA) is 59.3 Å². The molecule has 0 fully saturated rings. The van der Waals surface area contributed by atoms with Gasteiger partial charge in [0.15, 0.2) is 0 Å². The predicted octanol–water partition coefficient (Wildman–Crippen LogP) is 2.42. The van der Waals surface area contributed by atoms with Gasteiger partial charge in [-0.05, 0) is 25.0 Å². The van der Waals surface area contributed by atoms with Gasteiger partial charge < -0.3 is 15.2 Å². The first kappa shape index (κ1) is 17.2. The van der Waals surface area contributed by atoms with Gasteiger partial charge in [0.25, 0.3) is 0 Å². The molecule has 5 nitrogen and oxygen atoms in total. The summed E-state index contributed by atoms with van der Waals surface area (Å²) in [5.74, 6) is 0.736. The first-order valence-electron chi connectivity index (χ1n) is 7.75. The number of aliphatic hydroxyl groups excluding tert-OH is 1. The Bertz CT molecular complexity index is 664. The molecule has 1 aromatic heterocycles. The maximum atomic E-state index is 10.3. The van der Waals surface area contributed by atoms with Crippen molar-refractivity contribution in [2.45, 2.75) is 26.5 Å². The first-order chi connectivity index (χ1) is 11.0. The first-order valence-corrected chi connectivity index (χ1v) is 7.75. The Kier molecular flexibility index (Phi) is 5.96. The van der Waals surface area contributed by atoms with E-state index in [-0.39, 0.29) is 0 Å². The second-order valence-electron chi connectivity index (χ2n) is 5.60. The van der Waals surface area contributed by atoms with Gasteiger partial charge in [-0.2, -0.15) is 5.10 Å². The lowest BCUT2D eigenvalue weighted by Gasteiger charge is -2.15. The number of ether oxygens (including phenoxy) is 1. The molecule has 5 heteroatoms. The number of hydrogen-bond acceptors (Lipinski definition) is 4. The van der Waals surface area contributed by atoms with Crippen molar-refractivity contribution < 1.29 is 9.84 Å². The second-order valence-corrected chi connectivity index (χ2v) is 5.60. The summed E-state index contributed by atoms with van der Waals surface area (Å²) >= 11 is 0. The van der Waals surface area contributed by atoms with Crippen LogP contribution in [0.1, 0.15) is 28.5 Å². The van der Waals surface area contributed by atoms with Gasteiger partial charge in [0.2, 0.25) is 5.88 Å². The maximum absolute atomic E-state index is 10.3. The lowest BCUT2D eigenvalue weighted by Crippen LogP contribution is -2.22. The predicted molar refractivity (Wildman–Crippen MR) is 91.5 cm³/mol. The molecule has 2 rings (SSSR count). The molecular formula is C18H25N3O2. The van der Waals surface area contributed by atoms with Crippen molar-refractivity contribution in [2.24, 2.45) is 7.05 Å². The van der Waals surface area contributed by atoms with E-state index in [1.54, 1.807) is 10.8 Å². The molecule has 0 aliphatic carbocycles. The zero-order valence-electron chi connectivity index (χ0n) is 14.0. The average molecular weight is 315 g/mol. The standard InChI is InChI=1S/C18H25N3O2/c1-5-10-23-18-16(14(3)20-21(18)4)11-19-12-17(22)15-9-7-6-8-13(15)2/h5-9,17,19,22H,1,10-12H2,2-4H3. The van der Waals surface area contributed by atoms with Gasteiger partial charge >= 0.3 is 0 Å². The molecule has 0 aliphatic heterocycles. The van der Waals surface area contributed by atoms with Crippen molar-refractivity contribution >= 4 is 0 Å². The zero-order chi connectivity index (χ0) is 16.8. The van der Waals surface area contributed by atoms with Gasteiger partial charge in [-0.25, -0.2) is 4.68 Å². The van der Waals surface area contributed by atoms with Crippen molar-refractivity contribution in [3.05, 3.63) is 59.3 Å². The van der Waals surface area contributed by atoms with Crippen molar-refractivity contribution in [3.63, 3.8) is 0 Å². The van der Waals surface area contributed by atoms with Gasteiger partial charge in [-0.3, -0.25) is 0 Å². The van der Waals surface area contributed by atoms with E-state index in [2.05, 4.69) is 17.0 Å². The van der Waals surface area contributed by atoms with Crippen LogP contribution < -0.4 is 10.1 Å². The van der Waals surface area contributed by atoms with Gasteiger partial charge in [0.1, 0.15) is 6.61 Å². The summed E-state index contributed by atoms with van der Waals surface area (Å²) in [6.45, 7) is 9.13. The van der Waals surface area contributed by atoms with Crippen LogP contribution in [0.25, 0.3) is 0 Å². The number of aromatic nitrogens is 2. The molecule has 0 saturated heterocycles. The van der Waals surface area contributed by atoms with Crippen LogP contribution in [0.15, 0.2) is 36.9 Å². The third kappa shape index (κ3) is 4.21. The summed E-state index contributed by atoms with van der Waals surface area (Å²) in [5, 5.41) is 18.0. The highest BCUT2D eigenvalue weighted by Crippen LogP contribution is 2.22. The smallest absolute Gasteiger partial charge is 0.216 e. The Morgan fingerprint density at radius 3 is 2.83 bits per heavy atom. The monoisotopic (exact) mass is 315 g/mol. The van der Waals surface area contributed by atoms with Crippen LogP contribution in [0.3, 0.4) is 0 Å². The minimum atomic E-state index is -0.536. The Labute approximate surface area is 137 Å². The van der Waals surface area contributed by atoms with Gasteiger partial charge in [-0.1, -0.05) is 36.9 Å². The van der Waals surface area contributed by atoms with Crippen molar-refractivity contribution in [3.8, 4) is 5.88 Å². The average Bonchev–Trinajstić information content (AvgIpc) is 2.79. The third-order valence-electron chi connectivity index (χ3n) is 3.81. The zero-order valence-corrected chi connectivity index (χ0v) is 14.0. The number of hydrogen-bond donors (Lipinski definition) is 2. The Morgan fingerprint density at radius 1 is 1.39 bits per heavy atom. The van der Waals surface area contributed by atoms with Crippen LogP contribution in [-0.2, 0) is 13.6 Å². The summed E-state index contributed by atoms with van der Waals surface area (Å²) in [4.78, 5) is 0. The Hall–Kier alpha value is -2.11. The molecule has 0 saturated carbocycles. The Balaban J connectivity index is 1.98. The van der Waals surface area contributed by atoms with Crippen LogP contribution >= 0.6 is 0 Å². The molecule has 0 bridgehead atoms. The molecule has 1 heterocycles. The summed E-state index contributed by atoms with van der Waals surface area (Å²) in [5.41, 5.74) is 3.97. The number of aryl methyl sites for hydroxylation is 3. The fraction of sp³-hybridized carbons (Fsp3) is 0.389. The minimum absolute atomic E-state index is 0.442. The van der Waals surface area contributed by atoms with E-state index < -0.39 is 6.10 Å². The highest BCUT2D eigenvalue weighted by molar-refractivity contribution is 5.31. The third-order valence-corrected chi connectivity index (χ3v) is 3.81. The van der Waals surface area contributed by atoms with Gasteiger partial charge in [0, 0.05) is 20.1 Å². The molecule has 0 amide bonds. The van der Waals surface area contributed by atoms with Crippen molar-refractivity contribution in [1.29, 1.82) is 0 Å².